The molecule has 1 radical (unpaired) electrons. The van der Waals surface area contributed by atoms with E-state index in [0.717, 1.165) is 35.4 Å². The maximum absolute atomic E-state index is 4.64. The van der Waals surface area contributed by atoms with E-state index >= 15 is 0 Å². The van der Waals surface area contributed by atoms with Gasteiger partial charge in [0.25, 0.3) is 0 Å². The Hall–Kier alpha value is -4.17. The second-order valence-corrected chi connectivity index (χ2v) is 15.8. The zero-order valence-electron chi connectivity index (χ0n) is 31.6. The summed E-state index contributed by atoms with van der Waals surface area (Å²) >= 11 is 0. The quantitative estimate of drug-likeness (QED) is 0.123. The first-order chi connectivity index (χ1) is 23.8. The molecule has 0 spiro atoms. The van der Waals surface area contributed by atoms with Gasteiger partial charge in [-0.15, -0.1) is 59.2 Å². The summed E-state index contributed by atoms with van der Waals surface area (Å²) in [6.45, 7) is 20.3. The Morgan fingerprint density at radius 1 is 0.490 bits per heavy atom. The molecule has 0 saturated heterocycles. The van der Waals surface area contributed by atoms with E-state index in [1.54, 1.807) is 0 Å². The smallest absolute Gasteiger partial charge is 0.0163 e. The number of rotatable bonds is 6. The third kappa shape index (κ3) is 8.01. The first-order valence-corrected chi connectivity index (χ1v) is 18.0. The van der Waals surface area contributed by atoms with Crippen LogP contribution in [-0.2, 0) is 36.4 Å². The predicted octanol–water partition coefficient (Wildman–Crippen LogP) is 13.2. The van der Waals surface area contributed by atoms with E-state index in [9.17, 15) is 0 Å². The van der Waals surface area contributed by atoms with Crippen LogP contribution in [-0.4, -0.2) is 9.97 Å². The van der Waals surface area contributed by atoms with Gasteiger partial charge in [-0.05, 0) is 79.9 Å². The summed E-state index contributed by atoms with van der Waals surface area (Å²) < 4.78 is 0. The molecule has 2 aromatic heterocycles. The van der Waals surface area contributed by atoms with Gasteiger partial charge in [0.2, 0.25) is 0 Å². The Balaban J connectivity index is 0.000000200. The van der Waals surface area contributed by atoms with E-state index in [-0.39, 0.29) is 36.4 Å². The van der Waals surface area contributed by atoms with Gasteiger partial charge in [-0.3, -0.25) is 0 Å². The van der Waals surface area contributed by atoms with Gasteiger partial charge >= 0.3 is 0 Å². The molecule has 0 fully saturated rings. The average molecular weight is 847 g/mol. The number of fused-ring (bicyclic) bond motifs is 6. The second kappa shape index (κ2) is 15.2. The van der Waals surface area contributed by atoms with Crippen molar-refractivity contribution in [2.45, 2.75) is 91.4 Å². The Morgan fingerprint density at radius 3 is 1.47 bits per heavy atom. The van der Waals surface area contributed by atoms with Gasteiger partial charge in [0.05, 0.1) is 0 Å². The largest absolute Gasteiger partial charge is 0.305 e. The van der Waals surface area contributed by atoms with Gasteiger partial charge in [-0.1, -0.05) is 139 Å². The normalized spacial score (nSPS) is 12.0. The van der Waals surface area contributed by atoms with Crippen molar-refractivity contribution in [3.05, 3.63) is 144 Å². The molecule has 2 nitrogen and oxygen atoms in total. The number of hydrogen-bond donors (Lipinski definition) is 0. The Bertz CT molecular complexity index is 2200. The van der Waals surface area contributed by atoms with Crippen molar-refractivity contribution in [2.75, 3.05) is 0 Å². The minimum absolute atomic E-state index is 0. The van der Waals surface area contributed by atoms with E-state index in [2.05, 4.69) is 181 Å². The first-order valence-electron chi connectivity index (χ1n) is 18.0. The summed E-state index contributed by atoms with van der Waals surface area (Å²) in [7, 11) is 0. The van der Waals surface area contributed by atoms with Crippen molar-refractivity contribution >= 4 is 32.3 Å². The van der Waals surface area contributed by atoms with E-state index < -0.39 is 0 Å². The van der Waals surface area contributed by atoms with Crippen LogP contribution in [0.1, 0.15) is 91.8 Å². The van der Waals surface area contributed by atoms with Gasteiger partial charge in [-0.25, -0.2) is 0 Å². The average Bonchev–Trinajstić information content (AvgIpc) is 3.15. The fraction of sp³-hybridized carbons (Fsp3) is 0.292. The molecule has 5 aromatic carbocycles. The summed E-state index contributed by atoms with van der Waals surface area (Å²) in [5.74, 6) is 0. The van der Waals surface area contributed by atoms with Crippen LogP contribution in [0.15, 0.2) is 116 Å². The minimum atomic E-state index is 0. The summed E-state index contributed by atoms with van der Waals surface area (Å²) in [6.07, 6.45) is 6.07. The number of hydrogen-bond acceptors (Lipinski definition) is 2. The van der Waals surface area contributed by atoms with Crippen molar-refractivity contribution in [3.63, 3.8) is 0 Å². The molecule has 0 aliphatic heterocycles. The van der Waals surface area contributed by atoms with Crippen LogP contribution in [0.4, 0.5) is 0 Å². The third-order valence-corrected chi connectivity index (χ3v) is 10.7. The molecule has 0 atom stereocenters. The SMILES string of the molecule is CC(C)(C)c1ccnc(-c2[c-]cc3c4ccccc4c4ccccc4c3c2)c1.CCC(C)(C)c1cc[c-]c(-c2cc(C(C)(C)CC)ccn2)c1.[Ir]. The van der Waals surface area contributed by atoms with Gasteiger partial charge in [0.15, 0.2) is 0 Å². The summed E-state index contributed by atoms with van der Waals surface area (Å²) in [5.41, 5.74) is 8.57. The predicted molar refractivity (Wildman–Crippen MR) is 215 cm³/mol. The Morgan fingerprint density at radius 2 is 0.941 bits per heavy atom. The van der Waals surface area contributed by atoms with E-state index in [1.807, 2.05) is 18.5 Å². The molecule has 0 N–H and O–H groups in total. The molecule has 0 unspecified atom stereocenters. The van der Waals surface area contributed by atoms with Crippen LogP contribution in [0, 0.1) is 12.1 Å². The fourth-order valence-electron chi connectivity index (χ4n) is 6.48. The van der Waals surface area contributed by atoms with E-state index in [4.69, 9.17) is 0 Å². The molecule has 7 rings (SSSR count). The molecule has 3 heteroatoms. The monoisotopic (exact) mass is 847 g/mol. The van der Waals surface area contributed by atoms with Crippen molar-refractivity contribution in [1.29, 1.82) is 0 Å². The molecule has 7 aromatic rings. The molecule has 0 aliphatic carbocycles. The van der Waals surface area contributed by atoms with Crippen LogP contribution in [0.3, 0.4) is 0 Å². The van der Waals surface area contributed by atoms with Crippen molar-refractivity contribution in [1.82, 2.24) is 9.97 Å². The molecular formula is C48H50IrN2-2. The topological polar surface area (TPSA) is 25.8 Å². The minimum Gasteiger partial charge on any atom is -0.305 e. The molecule has 51 heavy (non-hydrogen) atoms. The zero-order valence-corrected chi connectivity index (χ0v) is 34.0. The van der Waals surface area contributed by atoms with Gasteiger partial charge in [0, 0.05) is 32.5 Å². The van der Waals surface area contributed by atoms with Crippen LogP contribution >= 0.6 is 0 Å². The Labute approximate surface area is 319 Å². The number of pyridine rings is 2. The number of aromatic nitrogens is 2. The molecule has 0 aliphatic rings. The van der Waals surface area contributed by atoms with Crippen LogP contribution in [0.5, 0.6) is 0 Å². The molecule has 0 saturated carbocycles. The summed E-state index contributed by atoms with van der Waals surface area (Å²) in [5, 5.41) is 7.63. The molecule has 2 heterocycles. The second-order valence-electron chi connectivity index (χ2n) is 15.8. The Kier molecular flexibility index (Phi) is 11.3. The van der Waals surface area contributed by atoms with Gasteiger partial charge < -0.3 is 9.97 Å². The van der Waals surface area contributed by atoms with Gasteiger partial charge in [-0.2, -0.15) is 0 Å². The van der Waals surface area contributed by atoms with Crippen LogP contribution in [0.25, 0.3) is 54.8 Å². The van der Waals surface area contributed by atoms with Crippen molar-refractivity contribution < 1.29 is 20.1 Å². The van der Waals surface area contributed by atoms with Gasteiger partial charge in [0.1, 0.15) is 0 Å². The zero-order chi connectivity index (χ0) is 35.7. The van der Waals surface area contributed by atoms with E-state index in [1.165, 1.54) is 49.0 Å². The summed E-state index contributed by atoms with van der Waals surface area (Å²) in [6, 6.07) is 43.6. The number of benzene rings is 5. The van der Waals surface area contributed by atoms with Crippen LogP contribution < -0.4 is 0 Å². The summed E-state index contributed by atoms with van der Waals surface area (Å²) in [4.78, 5) is 9.22. The first kappa shape index (κ1) is 38.1. The maximum Gasteiger partial charge on any atom is 0.0163 e. The standard InChI is InChI=1S/C27H22N.C21H28N.Ir/c1-27(2,3)19-14-15-28-26(17-19)18-12-13-24-22-10-5-4-8-20(22)21-9-6-7-11-23(21)25(24)16-18;1-7-20(3,4)17-11-9-10-16(14-17)19-15-18(12-13-22-19)21(5,6)8-2;/h4-11,13-17H,1-3H3;9,11-15H,7-8H2,1-6H3;/q2*-1;. The molecule has 0 amide bonds. The van der Waals surface area contributed by atoms with Crippen LogP contribution in [0.2, 0.25) is 0 Å². The molecule has 263 valence electrons. The van der Waals surface area contributed by atoms with E-state index in [0.29, 0.717) is 0 Å². The van der Waals surface area contributed by atoms with Crippen molar-refractivity contribution in [2.24, 2.45) is 0 Å². The maximum atomic E-state index is 4.64. The molecule has 0 bridgehead atoms. The third-order valence-electron chi connectivity index (χ3n) is 10.7. The number of nitrogens with zero attached hydrogens (tertiary/aromatic N) is 2. The molecular weight excluding hydrogens is 797 g/mol. The fourth-order valence-corrected chi connectivity index (χ4v) is 6.48. The van der Waals surface area contributed by atoms with Crippen molar-refractivity contribution in [3.8, 4) is 22.5 Å².